The molecule has 1 heterocycles. The second kappa shape index (κ2) is 3.62. The van der Waals surface area contributed by atoms with Gasteiger partial charge in [-0.05, 0) is 25.5 Å². The second-order valence-corrected chi connectivity index (χ2v) is 9.12. The summed E-state index contributed by atoms with van der Waals surface area (Å²) in [6, 6.07) is 10.1. The highest BCUT2D eigenvalue weighted by atomic mass is 32.7. The Bertz CT molecular complexity index is 388. The highest BCUT2D eigenvalue weighted by Gasteiger charge is 2.48. The molecule has 1 N–H and O–H groups in total. The van der Waals surface area contributed by atoms with E-state index in [1.54, 1.807) is 0 Å². The molecule has 1 aromatic carbocycles. The molecule has 0 radical (unpaired) electrons. The smallest absolute Gasteiger partial charge is 0.120 e. The summed E-state index contributed by atoms with van der Waals surface area (Å²) in [4.78, 5) is 0. The Kier molecular flexibility index (Phi) is 2.70. The van der Waals surface area contributed by atoms with Crippen molar-refractivity contribution in [1.29, 1.82) is 0 Å². The van der Waals surface area contributed by atoms with Gasteiger partial charge in [0, 0.05) is 6.42 Å². The summed E-state index contributed by atoms with van der Waals surface area (Å²) in [5.41, 5.74) is -0.759. The lowest BCUT2D eigenvalue weighted by Crippen LogP contribution is -2.22. The van der Waals surface area contributed by atoms with Crippen molar-refractivity contribution in [2.45, 2.75) is 18.9 Å². The van der Waals surface area contributed by atoms with E-state index in [1.165, 1.54) is 5.30 Å². The van der Waals surface area contributed by atoms with Gasteiger partial charge < -0.3 is 17.4 Å². The predicted octanol–water partition coefficient (Wildman–Crippen LogP) is 2.46. The molecule has 1 unspecified atom stereocenters. The third-order valence-electron chi connectivity index (χ3n) is 3.14. The van der Waals surface area contributed by atoms with Gasteiger partial charge in [-0.15, -0.1) is 0 Å². The summed E-state index contributed by atoms with van der Waals surface area (Å²) in [7, 11) is 0. The molecular formula is C12H15OPS. The van der Waals surface area contributed by atoms with Crippen LogP contribution < -0.4 is 5.30 Å². The van der Waals surface area contributed by atoms with Crippen LogP contribution in [0.3, 0.4) is 0 Å². The summed E-state index contributed by atoms with van der Waals surface area (Å²) in [5.74, 6) is 0. The lowest BCUT2D eigenvalue weighted by atomic mass is 10.1. The number of hydrogen-bond acceptors (Lipinski definition) is 2. The third-order valence-corrected chi connectivity index (χ3v) is 8.33. The zero-order chi connectivity index (χ0) is 11.1. The van der Waals surface area contributed by atoms with Gasteiger partial charge in [-0.1, -0.05) is 24.8 Å². The van der Waals surface area contributed by atoms with Crippen LogP contribution in [0.15, 0.2) is 42.2 Å². The van der Waals surface area contributed by atoms with E-state index in [0.29, 0.717) is 0 Å². The van der Waals surface area contributed by atoms with Crippen molar-refractivity contribution in [2.24, 2.45) is 0 Å². The van der Waals surface area contributed by atoms with E-state index in [1.807, 2.05) is 25.1 Å². The molecule has 1 nitrogen and oxygen atoms in total. The summed E-state index contributed by atoms with van der Waals surface area (Å²) < 4.78 is 0. The topological polar surface area (TPSA) is 20.2 Å². The molecule has 2 rings (SSSR count). The van der Waals surface area contributed by atoms with Gasteiger partial charge >= 0.3 is 0 Å². The second-order valence-electron chi connectivity index (χ2n) is 4.27. The van der Waals surface area contributed by atoms with Gasteiger partial charge in [-0.25, -0.2) is 0 Å². The fraction of sp³-hybridized carbons (Fsp3) is 0.333. The molecule has 0 aliphatic carbocycles. The first-order valence-electron chi connectivity index (χ1n) is 5.04. The van der Waals surface area contributed by atoms with Crippen molar-refractivity contribution in [3.8, 4) is 0 Å². The first-order valence-corrected chi connectivity index (χ1v) is 8.02. The monoisotopic (exact) mass is 238 g/mol. The lowest BCUT2D eigenvalue weighted by Gasteiger charge is -2.31. The summed E-state index contributed by atoms with van der Waals surface area (Å²) >= 11 is 5.76. The maximum atomic E-state index is 10.1. The molecule has 1 fully saturated rings. The molecule has 1 aliphatic rings. The van der Waals surface area contributed by atoms with Gasteiger partial charge in [0.2, 0.25) is 0 Å². The SMILES string of the molecule is C=C1[C@](C)(O)CC[P+]1([S-])c1ccccc1. The minimum absolute atomic E-state index is 0.748. The maximum absolute atomic E-state index is 10.1. The van der Waals surface area contributed by atoms with Crippen molar-refractivity contribution in [2.75, 3.05) is 6.16 Å². The molecule has 15 heavy (non-hydrogen) atoms. The van der Waals surface area contributed by atoms with Gasteiger partial charge in [0.15, 0.2) is 0 Å². The fourth-order valence-corrected chi connectivity index (χ4v) is 6.36. The molecule has 0 spiro atoms. The first kappa shape index (κ1) is 11.2. The molecule has 1 aliphatic heterocycles. The zero-order valence-electron chi connectivity index (χ0n) is 8.81. The lowest BCUT2D eigenvalue weighted by molar-refractivity contribution is 0.110. The van der Waals surface area contributed by atoms with Crippen molar-refractivity contribution < 1.29 is 5.11 Å². The van der Waals surface area contributed by atoms with E-state index in [2.05, 4.69) is 18.7 Å². The number of benzene rings is 1. The Morgan fingerprint density at radius 1 is 1.40 bits per heavy atom. The maximum Gasteiger partial charge on any atom is 0.120 e. The van der Waals surface area contributed by atoms with E-state index < -0.39 is 12.1 Å². The molecule has 3 heteroatoms. The van der Waals surface area contributed by atoms with Crippen LogP contribution in [0.5, 0.6) is 0 Å². The highest BCUT2D eigenvalue weighted by molar-refractivity contribution is 8.47. The van der Waals surface area contributed by atoms with Crippen molar-refractivity contribution in [3.63, 3.8) is 0 Å². The Morgan fingerprint density at radius 2 is 2.00 bits per heavy atom. The molecule has 80 valence electrons. The van der Waals surface area contributed by atoms with Crippen LogP contribution >= 0.6 is 6.46 Å². The Labute approximate surface area is 96.7 Å². The minimum Gasteiger partial charge on any atom is -0.546 e. The van der Waals surface area contributed by atoms with E-state index in [-0.39, 0.29) is 0 Å². The Hall–Kier alpha value is -0.300. The number of aliphatic hydroxyl groups is 1. The van der Waals surface area contributed by atoms with Crippen LogP contribution in [-0.2, 0) is 12.2 Å². The van der Waals surface area contributed by atoms with Crippen LogP contribution in [-0.4, -0.2) is 16.9 Å². The summed E-state index contributed by atoms with van der Waals surface area (Å²) in [6.45, 7) is 4.11. The van der Waals surface area contributed by atoms with Gasteiger partial charge in [0.05, 0.1) is 16.8 Å². The third kappa shape index (κ3) is 1.75. The normalized spacial score (nSPS) is 35.8. The van der Waals surface area contributed by atoms with Crippen LogP contribution in [0.4, 0.5) is 0 Å². The molecule has 2 atom stereocenters. The number of rotatable bonds is 1. The molecule has 1 saturated heterocycles. The average Bonchev–Trinajstić information content (AvgIpc) is 2.45. The number of hydrogen-bond donors (Lipinski definition) is 1. The zero-order valence-corrected chi connectivity index (χ0v) is 10.5. The van der Waals surface area contributed by atoms with Gasteiger partial charge in [0.25, 0.3) is 0 Å². The van der Waals surface area contributed by atoms with Gasteiger partial charge in [0.1, 0.15) is 5.60 Å². The van der Waals surface area contributed by atoms with E-state index in [0.717, 1.165) is 17.9 Å². The predicted molar refractivity (Wildman–Crippen MR) is 69.6 cm³/mol. The molecular weight excluding hydrogens is 223 g/mol. The summed E-state index contributed by atoms with van der Waals surface area (Å²) in [5, 5.41) is 12.2. The van der Waals surface area contributed by atoms with E-state index in [9.17, 15) is 5.11 Å². The largest absolute Gasteiger partial charge is 0.546 e. The van der Waals surface area contributed by atoms with E-state index in [4.69, 9.17) is 12.2 Å². The standard InChI is InChI=1S/C12H15OPS/c1-10-12(2,13)8-9-14(10,15)11-6-4-3-5-7-11/h3-7,13H,1,8-9H2,2H3/t12-,14?/m1/s1. The van der Waals surface area contributed by atoms with Crippen molar-refractivity contribution in [3.05, 3.63) is 42.2 Å². The Morgan fingerprint density at radius 3 is 2.47 bits per heavy atom. The molecule has 0 aromatic heterocycles. The van der Waals surface area contributed by atoms with Crippen molar-refractivity contribution in [1.82, 2.24) is 0 Å². The fourth-order valence-electron chi connectivity index (χ4n) is 2.00. The quantitative estimate of drug-likeness (QED) is 0.599. The Balaban J connectivity index is 2.42. The minimum atomic E-state index is -1.75. The summed E-state index contributed by atoms with van der Waals surface area (Å²) in [6.07, 6.45) is 1.65. The molecule has 1 aromatic rings. The van der Waals surface area contributed by atoms with E-state index >= 15 is 0 Å². The molecule has 0 amide bonds. The average molecular weight is 238 g/mol. The highest BCUT2D eigenvalue weighted by Crippen LogP contribution is 2.70. The van der Waals surface area contributed by atoms with Crippen LogP contribution in [0.1, 0.15) is 13.3 Å². The first-order chi connectivity index (χ1) is 6.97. The van der Waals surface area contributed by atoms with Crippen LogP contribution in [0.25, 0.3) is 0 Å². The molecule has 0 bridgehead atoms. The van der Waals surface area contributed by atoms with Gasteiger partial charge in [-0.3, -0.25) is 0 Å². The van der Waals surface area contributed by atoms with Gasteiger partial charge in [-0.2, -0.15) is 0 Å². The van der Waals surface area contributed by atoms with Crippen LogP contribution in [0.2, 0.25) is 0 Å². The van der Waals surface area contributed by atoms with Crippen molar-refractivity contribution >= 4 is 24.0 Å². The van der Waals surface area contributed by atoms with Crippen LogP contribution in [0, 0.1) is 0 Å². The molecule has 0 saturated carbocycles.